The average molecular weight is 270 g/mol. The van der Waals surface area contributed by atoms with Crippen molar-refractivity contribution in [2.75, 3.05) is 0 Å². The Bertz CT molecular complexity index is 337. The highest BCUT2D eigenvalue weighted by Crippen LogP contribution is 2.33. The van der Waals surface area contributed by atoms with Crippen LogP contribution in [0.5, 0.6) is 0 Å². The molecule has 2 rings (SSSR count). The van der Waals surface area contributed by atoms with Gasteiger partial charge >= 0.3 is 0 Å². The fourth-order valence-electron chi connectivity index (χ4n) is 1.68. The van der Waals surface area contributed by atoms with Crippen LogP contribution in [0.3, 0.4) is 0 Å². The average Bonchev–Trinajstić information content (AvgIpc) is 2.12. The molecule has 12 heavy (non-hydrogen) atoms. The van der Waals surface area contributed by atoms with Gasteiger partial charge in [-0.15, -0.1) is 0 Å². The highest BCUT2D eigenvalue weighted by atomic mass is 127. The minimum Gasteiger partial charge on any atom is -0.0620 e. The lowest BCUT2D eigenvalue weighted by Gasteiger charge is -2.17. The molecule has 1 aromatic rings. The van der Waals surface area contributed by atoms with Crippen LogP contribution in [0.15, 0.2) is 27.8 Å². The molecule has 0 saturated heterocycles. The van der Waals surface area contributed by atoms with Crippen LogP contribution in [0.25, 0.3) is 5.57 Å². The van der Waals surface area contributed by atoms with Gasteiger partial charge < -0.3 is 0 Å². The number of allylic oxidation sites excluding steroid dienone is 2. The molecule has 0 saturated carbocycles. The third-order valence-electron chi connectivity index (χ3n) is 2.44. The fourth-order valence-corrected chi connectivity index (χ4v) is 2.24. The first-order chi connectivity index (χ1) is 5.79. The van der Waals surface area contributed by atoms with Gasteiger partial charge in [-0.2, -0.15) is 0 Å². The molecule has 0 bridgehead atoms. The fraction of sp³-hybridized carbons (Fsp3) is 0.273. The number of halogens is 1. The maximum Gasteiger partial charge on any atom is -0.00555 e. The summed E-state index contributed by atoms with van der Waals surface area (Å²) >= 11 is 2.46. The summed E-state index contributed by atoms with van der Waals surface area (Å²) in [5, 5.41) is 0. The minimum atomic E-state index is 1.21. The number of benzene rings is 1. The Hall–Kier alpha value is -0.310. The van der Waals surface area contributed by atoms with Crippen molar-refractivity contribution < 1.29 is 0 Å². The Balaban J connectivity index is 2.59. The SMILES string of the molecule is CC1=C(I)CCc2ccccc21. The molecule has 62 valence electrons. The lowest BCUT2D eigenvalue weighted by Crippen LogP contribution is -1.99. The second-order valence-electron chi connectivity index (χ2n) is 3.19. The summed E-state index contributed by atoms with van der Waals surface area (Å²) in [5.41, 5.74) is 4.43. The van der Waals surface area contributed by atoms with Gasteiger partial charge in [-0.1, -0.05) is 24.3 Å². The topological polar surface area (TPSA) is 0 Å². The molecule has 0 fully saturated rings. The first-order valence-corrected chi connectivity index (χ1v) is 5.30. The molecule has 0 atom stereocenters. The molecule has 1 heteroatoms. The van der Waals surface area contributed by atoms with Crippen LogP contribution in [0.4, 0.5) is 0 Å². The van der Waals surface area contributed by atoms with Crippen molar-refractivity contribution in [2.24, 2.45) is 0 Å². The zero-order valence-electron chi connectivity index (χ0n) is 7.10. The molecule has 1 aliphatic rings. The van der Waals surface area contributed by atoms with E-state index < -0.39 is 0 Å². The lowest BCUT2D eigenvalue weighted by atomic mass is 9.92. The van der Waals surface area contributed by atoms with E-state index in [9.17, 15) is 0 Å². The molecule has 0 unspecified atom stereocenters. The van der Waals surface area contributed by atoms with Crippen molar-refractivity contribution >= 4 is 28.2 Å². The number of fused-ring (bicyclic) bond motifs is 1. The molecular weight excluding hydrogens is 259 g/mol. The molecule has 1 aliphatic carbocycles. The van der Waals surface area contributed by atoms with Gasteiger partial charge in [-0.3, -0.25) is 0 Å². The van der Waals surface area contributed by atoms with Crippen molar-refractivity contribution in [2.45, 2.75) is 19.8 Å². The van der Waals surface area contributed by atoms with Crippen molar-refractivity contribution in [3.05, 3.63) is 39.0 Å². The molecular formula is C11H11I. The smallest absolute Gasteiger partial charge is 0.00555 e. The Kier molecular flexibility index (Phi) is 2.22. The van der Waals surface area contributed by atoms with Crippen LogP contribution in [-0.2, 0) is 6.42 Å². The highest BCUT2D eigenvalue weighted by Gasteiger charge is 2.12. The minimum absolute atomic E-state index is 1.21. The number of hydrogen-bond acceptors (Lipinski definition) is 0. The van der Waals surface area contributed by atoms with Gasteiger partial charge in [-0.05, 0) is 62.6 Å². The van der Waals surface area contributed by atoms with E-state index in [0.717, 1.165) is 0 Å². The summed E-state index contributed by atoms with van der Waals surface area (Å²) in [6.07, 6.45) is 2.44. The largest absolute Gasteiger partial charge is 0.0620 e. The number of aryl methyl sites for hydroxylation is 1. The molecule has 0 nitrogen and oxygen atoms in total. The molecule has 0 aliphatic heterocycles. The van der Waals surface area contributed by atoms with Gasteiger partial charge in [0, 0.05) is 0 Å². The van der Waals surface area contributed by atoms with E-state index in [1.807, 2.05) is 0 Å². The van der Waals surface area contributed by atoms with Gasteiger partial charge in [0.1, 0.15) is 0 Å². The van der Waals surface area contributed by atoms with Crippen molar-refractivity contribution in [1.29, 1.82) is 0 Å². The summed E-state index contributed by atoms with van der Waals surface area (Å²) in [6, 6.07) is 8.71. The summed E-state index contributed by atoms with van der Waals surface area (Å²) in [5.74, 6) is 0. The lowest BCUT2D eigenvalue weighted by molar-refractivity contribution is 0.970. The molecule has 0 N–H and O–H groups in total. The summed E-state index contributed by atoms with van der Waals surface area (Å²) in [4.78, 5) is 0. The van der Waals surface area contributed by atoms with Crippen LogP contribution in [0.2, 0.25) is 0 Å². The van der Waals surface area contributed by atoms with Gasteiger partial charge in [0.25, 0.3) is 0 Å². The summed E-state index contributed by atoms with van der Waals surface area (Å²) in [7, 11) is 0. The predicted molar refractivity (Wildman–Crippen MR) is 61.4 cm³/mol. The van der Waals surface area contributed by atoms with Crippen LogP contribution in [-0.4, -0.2) is 0 Å². The first-order valence-electron chi connectivity index (χ1n) is 4.22. The Morgan fingerprint density at radius 3 is 2.75 bits per heavy atom. The van der Waals surface area contributed by atoms with Crippen molar-refractivity contribution in [3.8, 4) is 0 Å². The standard InChI is InChI=1S/C11H11I/c1-8-10-5-3-2-4-9(10)6-7-11(8)12/h2-5H,6-7H2,1H3. The first kappa shape index (κ1) is 8.30. The molecule has 0 aromatic heterocycles. The maximum absolute atomic E-state index is 2.46. The molecule has 0 radical (unpaired) electrons. The van der Waals surface area contributed by atoms with E-state index >= 15 is 0 Å². The monoisotopic (exact) mass is 270 g/mol. The molecule has 1 aromatic carbocycles. The van der Waals surface area contributed by atoms with Gasteiger partial charge in [0.2, 0.25) is 0 Å². The van der Waals surface area contributed by atoms with E-state index in [1.54, 1.807) is 0 Å². The molecule has 0 amide bonds. The third kappa shape index (κ3) is 1.30. The van der Waals surface area contributed by atoms with E-state index in [4.69, 9.17) is 0 Å². The number of rotatable bonds is 0. The van der Waals surface area contributed by atoms with E-state index in [1.165, 1.54) is 33.1 Å². The zero-order valence-corrected chi connectivity index (χ0v) is 9.26. The highest BCUT2D eigenvalue weighted by molar-refractivity contribution is 14.1. The maximum atomic E-state index is 2.46. The predicted octanol–water partition coefficient (Wildman–Crippen LogP) is 3.80. The zero-order chi connectivity index (χ0) is 8.55. The van der Waals surface area contributed by atoms with E-state index in [0.29, 0.717) is 0 Å². The van der Waals surface area contributed by atoms with Crippen molar-refractivity contribution in [1.82, 2.24) is 0 Å². The van der Waals surface area contributed by atoms with Crippen molar-refractivity contribution in [3.63, 3.8) is 0 Å². The Morgan fingerprint density at radius 1 is 1.17 bits per heavy atom. The van der Waals surface area contributed by atoms with Crippen LogP contribution < -0.4 is 0 Å². The second-order valence-corrected chi connectivity index (χ2v) is 4.49. The van der Waals surface area contributed by atoms with Gasteiger partial charge in [0.15, 0.2) is 0 Å². The second kappa shape index (κ2) is 3.21. The van der Waals surface area contributed by atoms with E-state index in [-0.39, 0.29) is 0 Å². The normalized spacial score (nSPS) is 16.2. The van der Waals surface area contributed by atoms with Crippen LogP contribution >= 0.6 is 22.6 Å². The van der Waals surface area contributed by atoms with Gasteiger partial charge in [-0.25, -0.2) is 0 Å². The summed E-state index contributed by atoms with van der Waals surface area (Å²) in [6.45, 7) is 2.22. The molecule has 0 heterocycles. The Labute approximate surface area is 86.8 Å². The quantitative estimate of drug-likeness (QED) is 0.629. The Morgan fingerprint density at radius 2 is 1.92 bits per heavy atom. The number of hydrogen-bond donors (Lipinski definition) is 0. The molecule has 0 spiro atoms. The van der Waals surface area contributed by atoms with Crippen LogP contribution in [0.1, 0.15) is 24.5 Å². The third-order valence-corrected chi connectivity index (χ3v) is 3.79. The van der Waals surface area contributed by atoms with Crippen LogP contribution in [0, 0.1) is 0 Å². The van der Waals surface area contributed by atoms with E-state index in [2.05, 4.69) is 53.8 Å². The summed E-state index contributed by atoms with van der Waals surface area (Å²) < 4.78 is 1.52. The van der Waals surface area contributed by atoms with Gasteiger partial charge in [0.05, 0.1) is 0 Å².